The fraction of sp³-hybridized carbons (Fsp3) is 0.818. The normalized spacial score (nSPS) is 23.2. The lowest BCUT2D eigenvalue weighted by Gasteiger charge is -2.19. The molecular weight excluding hydrogens is 242 g/mol. The van der Waals surface area contributed by atoms with Crippen molar-refractivity contribution in [1.82, 2.24) is 5.32 Å². The number of hydrogen-bond donors (Lipinski definition) is 1. The minimum absolute atomic E-state index is 0.221. The molecule has 1 rings (SSSR count). The Kier molecular flexibility index (Phi) is 6.21. The maximum Gasteiger partial charge on any atom is 0.302 e. The topological polar surface area (TPSA) is 56.8 Å². The molecule has 1 saturated heterocycles. The molecule has 2 atom stereocenters. The van der Waals surface area contributed by atoms with E-state index in [4.69, 9.17) is 26.4 Å². The molecule has 5 nitrogen and oxygen atoms in total. The molecule has 0 bridgehead atoms. The second-order valence-electron chi connectivity index (χ2n) is 3.87. The molecule has 1 heterocycles. The average molecular weight is 261 g/mol. The number of hydrogen-bond acceptors (Lipinski definition) is 5. The first-order valence-corrected chi connectivity index (χ1v) is 6.23. The fourth-order valence-electron chi connectivity index (χ4n) is 1.57. The van der Waals surface area contributed by atoms with Crippen LogP contribution >= 0.6 is 12.2 Å². The Morgan fingerprint density at radius 3 is 3.00 bits per heavy atom. The van der Waals surface area contributed by atoms with Gasteiger partial charge in [0.05, 0.1) is 6.61 Å². The number of nitrogens with one attached hydrogen (secondary N) is 1. The summed E-state index contributed by atoms with van der Waals surface area (Å²) in [6.45, 7) is 5.13. The van der Waals surface area contributed by atoms with Crippen molar-refractivity contribution in [1.29, 1.82) is 0 Å². The van der Waals surface area contributed by atoms with E-state index in [-0.39, 0.29) is 18.2 Å². The summed E-state index contributed by atoms with van der Waals surface area (Å²) in [6, 6.07) is 0. The monoisotopic (exact) mass is 261 g/mol. The molecule has 1 N–H and O–H groups in total. The van der Waals surface area contributed by atoms with E-state index in [0.29, 0.717) is 24.8 Å². The summed E-state index contributed by atoms with van der Waals surface area (Å²) in [7, 11) is 0. The summed E-state index contributed by atoms with van der Waals surface area (Å²) < 4.78 is 15.9. The van der Waals surface area contributed by atoms with Crippen molar-refractivity contribution >= 4 is 23.4 Å². The molecule has 1 aliphatic heterocycles. The minimum Gasteiger partial charge on any atom is -0.468 e. The summed E-state index contributed by atoms with van der Waals surface area (Å²) in [6.07, 6.45) is 1.25. The van der Waals surface area contributed by atoms with Gasteiger partial charge in [-0.1, -0.05) is 6.92 Å². The zero-order valence-electron chi connectivity index (χ0n) is 10.2. The maximum absolute atomic E-state index is 10.9. The zero-order valence-corrected chi connectivity index (χ0v) is 11.0. The van der Waals surface area contributed by atoms with Gasteiger partial charge < -0.3 is 19.5 Å². The quantitative estimate of drug-likeness (QED) is 0.589. The Morgan fingerprint density at radius 2 is 2.35 bits per heavy atom. The highest BCUT2D eigenvalue weighted by Gasteiger charge is 2.31. The third-order valence-corrected chi connectivity index (χ3v) is 2.63. The lowest BCUT2D eigenvalue weighted by atomic mass is 10.2. The predicted molar refractivity (Wildman–Crippen MR) is 66.8 cm³/mol. The highest BCUT2D eigenvalue weighted by atomic mass is 32.1. The molecule has 0 aromatic carbocycles. The maximum atomic E-state index is 10.9. The summed E-state index contributed by atoms with van der Waals surface area (Å²) in [5.41, 5.74) is 0. The first-order valence-electron chi connectivity index (χ1n) is 5.83. The molecule has 1 aliphatic rings. The Bertz CT molecular complexity index is 272. The molecule has 2 unspecified atom stereocenters. The van der Waals surface area contributed by atoms with E-state index in [9.17, 15) is 4.79 Å². The van der Waals surface area contributed by atoms with Crippen molar-refractivity contribution in [3.8, 4) is 0 Å². The van der Waals surface area contributed by atoms with Gasteiger partial charge in [0.15, 0.2) is 0 Å². The largest absolute Gasteiger partial charge is 0.468 e. The summed E-state index contributed by atoms with van der Waals surface area (Å²) >= 11 is 4.98. The molecule has 98 valence electrons. The number of esters is 1. The van der Waals surface area contributed by atoms with E-state index in [1.165, 1.54) is 6.92 Å². The molecular formula is C11H19NO4S. The van der Waals surface area contributed by atoms with Crippen LogP contribution in [0.2, 0.25) is 0 Å². The van der Waals surface area contributed by atoms with Crippen LogP contribution in [0.1, 0.15) is 26.7 Å². The van der Waals surface area contributed by atoms with Gasteiger partial charge in [0, 0.05) is 19.9 Å². The van der Waals surface area contributed by atoms with E-state index < -0.39 is 0 Å². The van der Waals surface area contributed by atoms with Gasteiger partial charge in [0.1, 0.15) is 18.8 Å². The van der Waals surface area contributed by atoms with Gasteiger partial charge in [-0.05, 0) is 18.6 Å². The SMILES string of the molecule is CCCNC(=S)OCC1OCCC1OC(C)=O. The fourth-order valence-corrected chi connectivity index (χ4v) is 1.74. The van der Waals surface area contributed by atoms with Crippen LogP contribution in [-0.2, 0) is 19.0 Å². The Hall–Kier alpha value is -0.880. The molecule has 1 fully saturated rings. The van der Waals surface area contributed by atoms with Crippen LogP contribution in [0.15, 0.2) is 0 Å². The third kappa shape index (κ3) is 5.32. The van der Waals surface area contributed by atoms with Crippen LogP contribution < -0.4 is 5.32 Å². The van der Waals surface area contributed by atoms with E-state index in [1.54, 1.807) is 0 Å². The van der Waals surface area contributed by atoms with Crippen molar-refractivity contribution < 1.29 is 19.0 Å². The highest BCUT2D eigenvalue weighted by Crippen LogP contribution is 2.17. The van der Waals surface area contributed by atoms with E-state index in [1.807, 2.05) is 6.92 Å². The standard InChI is InChI=1S/C11H19NO4S/c1-3-5-12-11(17)15-7-10-9(4-6-14-10)16-8(2)13/h9-10H,3-7H2,1-2H3,(H,12,17). The first-order chi connectivity index (χ1) is 8.13. The van der Waals surface area contributed by atoms with Crippen LogP contribution in [0.4, 0.5) is 0 Å². The van der Waals surface area contributed by atoms with Crippen LogP contribution in [0.25, 0.3) is 0 Å². The molecule has 0 amide bonds. The average Bonchev–Trinajstić information content (AvgIpc) is 2.70. The number of thiocarbonyl (C=S) groups is 1. The molecule has 17 heavy (non-hydrogen) atoms. The van der Waals surface area contributed by atoms with Gasteiger partial charge in [-0.15, -0.1) is 0 Å². The summed E-state index contributed by atoms with van der Waals surface area (Å²) in [5.74, 6) is -0.294. The molecule has 0 spiro atoms. The number of rotatable bonds is 5. The van der Waals surface area contributed by atoms with Gasteiger partial charge in [0.2, 0.25) is 0 Å². The Morgan fingerprint density at radius 1 is 1.59 bits per heavy atom. The van der Waals surface area contributed by atoms with Gasteiger partial charge >= 0.3 is 5.97 Å². The number of ether oxygens (including phenoxy) is 3. The molecule has 0 saturated carbocycles. The minimum atomic E-state index is -0.294. The molecule has 6 heteroatoms. The highest BCUT2D eigenvalue weighted by molar-refractivity contribution is 7.80. The van der Waals surface area contributed by atoms with Crippen LogP contribution in [0, 0.1) is 0 Å². The number of carbonyl (C=O) groups is 1. The second-order valence-corrected chi connectivity index (χ2v) is 4.24. The van der Waals surface area contributed by atoms with Gasteiger partial charge in [-0.25, -0.2) is 0 Å². The van der Waals surface area contributed by atoms with Gasteiger partial charge in [-0.3, -0.25) is 4.79 Å². The van der Waals surface area contributed by atoms with Crippen molar-refractivity contribution in [3.63, 3.8) is 0 Å². The van der Waals surface area contributed by atoms with E-state index >= 15 is 0 Å². The molecule has 0 radical (unpaired) electrons. The van der Waals surface area contributed by atoms with Gasteiger partial charge in [0.25, 0.3) is 5.17 Å². The zero-order chi connectivity index (χ0) is 12.7. The molecule has 0 aliphatic carbocycles. The lowest BCUT2D eigenvalue weighted by molar-refractivity contribution is -0.149. The van der Waals surface area contributed by atoms with Crippen molar-refractivity contribution in [3.05, 3.63) is 0 Å². The van der Waals surface area contributed by atoms with Gasteiger partial charge in [-0.2, -0.15) is 0 Å². The van der Waals surface area contributed by atoms with E-state index in [0.717, 1.165) is 13.0 Å². The lowest BCUT2D eigenvalue weighted by Crippen LogP contribution is -2.34. The first kappa shape index (κ1) is 14.2. The van der Waals surface area contributed by atoms with Crippen molar-refractivity contribution in [2.45, 2.75) is 38.9 Å². The van der Waals surface area contributed by atoms with E-state index in [2.05, 4.69) is 5.32 Å². The Balaban J connectivity index is 2.25. The van der Waals surface area contributed by atoms with Crippen LogP contribution in [0.5, 0.6) is 0 Å². The van der Waals surface area contributed by atoms with Crippen LogP contribution in [0.3, 0.4) is 0 Å². The second kappa shape index (κ2) is 7.45. The van der Waals surface area contributed by atoms with Crippen molar-refractivity contribution in [2.75, 3.05) is 19.8 Å². The predicted octanol–water partition coefficient (Wildman–Crippen LogP) is 1.01. The van der Waals surface area contributed by atoms with Crippen LogP contribution in [-0.4, -0.2) is 43.1 Å². The summed E-state index contributed by atoms with van der Waals surface area (Å²) in [4.78, 5) is 10.9. The smallest absolute Gasteiger partial charge is 0.302 e. The van der Waals surface area contributed by atoms with Crippen molar-refractivity contribution in [2.24, 2.45) is 0 Å². The molecule has 0 aromatic rings. The summed E-state index contributed by atoms with van der Waals surface area (Å²) in [5, 5.41) is 3.32. The number of carbonyl (C=O) groups excluding carboxylic acids is 1. The Labute approximate surface area is 107 Å². The third-order valence-electron chi connectivity index (χ3n) is 2.36. The molecule has 0 aromatic heterocycles.